The summed E-state index contributed by atoms with van der Waals surface area (Å²) in [6.07, 6.45) is 6.94. The van der Waals surface area contributed by atoms with Crippen LogP contribution in [-0.4, -0.2) is 70.1 Å². The number of nitrogens with zero attached hydrogens (tertiary/aromatic N) is 1. The molecule has 0 spiro atoms. The number of aliphatic hydroxyl groups is 2. The van der Waals surface area contributed by atoms with Gasteiger partial charge in [-0.25, -0.2) is 9.59 Å². The number of ether oxygens (including phenoxy) is 2. The van der Waals surface area contributed by atoms with Gasteiger partial charge in [0.25, 0.3) is 11.8 Å². The van der Waals surface area contributed by atoms with Gasteiger partial charge in [-0.15, -0.1) is 5.06 Å². The van der Waals surface area contributed by atoms with Crippen molar-refractivity contribution in [1.82, 2.24) is 5.06 Å². The highest BCUT2D eigenvalue weighted by molar-refractivity contribution is 6.01. The summed E-state index contributed by atoms with van der Waals surface area (Å²) in [6.45, 7) is 4.23. The fraction of sp³-hybridized carbons (Fsp3) is 0.793. The maximum absolute atomic E-state index is 12.3. The van der Waals surface area contributed by atoms with Crippen LogP contribution in [0.5, 0.6) is 0 Å². The first-order valence-corrected chi connectivity index (χ1v) is 14.4. The van der Waals surface area contributed by atoms with E-state index in [4.69, 9.17) is 14.3 Å². The minimum absolute atomic E-state index is 0.0492. The molecule has 2 heterocycles. The molecule has 0 aromatic heterocycles. The molecule has 10 nitrogen and oxygen atoms in total. The largest absolute Gasteiger partial charge is 0.458 e. The third kappa shape index (κ3) is 4.00. The zero-order valence-corrected chi connectivity index (χ0v) is 22.7. The molecule has 2 N–H and O–H groups in total. The normalized spacial score (nSPS) is 45.4. The molecule has 0 aromatic carbocycles. The van der Waals surface area contributed by atoms with E-state index >= 15 is 0 Å². The molecule has 0 bridgehead atoms. The average Bonchev–Trinajstić information content (AvgIpc) is 3.55. The number of hydrogen-bond acceptors (Lipinski definition) is 9. The number of carbonyl (C=O) groups is 4. The Morgan fingerprint density at radius 3 is 2.49 bits per heavy atom. The third-order valence-electron chi connectivity index (χ3n) is 11.7. The molecule has 1 saturated heterocycles. The van der Waals surface area contributed by atoms with Crippen LogP contribution < -0.4 is 0 Å². The van der Waals surface area contributed by atoms with Crippen LogP contribution in [0.2, 0.25) is 0 Å². The number of cyclic esters (lactones) is 1. The van der Waals surface area contributed by atoms with Gasteiger partial charge in [-0.2, -0.15) is 0 Å². The number of imide groups is 1. The summed E-state index contributed by atoms with van der Waals surface area (Å²) < 4.78 is 11.1. The number of hydrogen-bond donors (Lipinski definition) is 2. The fourth-order valence-electron chi connectivity index (χ4n) is 9.47. The minimum atomic E-state index is -1.01. The van der Waals surface area contributed by atoms with E-state index in [0.29, 0.717) is 23.8 Å². The average molecular weight is 546 g/mol. The predicted molar refractivity (Wildman–Crippen MR) is 134 cm³/mol. The van der Waals surface area contributed by atoms with E-state index in [0.717, 1.165) is 44.1 Å². The Morgan fingerprint density at radius 1 is 1.05 bits per heavy atom. The van der Waals surface area contributed by atoms with Gasteiger partial charge >= 0.3 is 11.9 Å². The maximum Gasteiger partial charge on any atom is 0.358 e. The van der Waals surface area contributed by atoms with Gasteiger partial charge in [-0.05, 0) is 86.0 Å². The molecule has 6 aliphatic rings. The van der Waals surface area contributed by atoms with Crippen molar-refractivity contribution in [2.45, 2.75) is 95.9 Å². The van der Waals surface area contributed by atoms with E-state index < -0.39 is 34.9 Å². The van der Waals surface area contributed by atoms with Crippen molar-refractivity contribution in [3.05, 3.63) is 11.6 Å². The van der Waals surface area contributed by atoms with E-state index in [1.54, 1.807) is 6.08 Å². The van der Waals surface area contributed by atoms with Gasteiger partial charge in [0.2, 0.25) is 0 Å². The molecular formula is C29H39NO9. The molecule has 0 aromatic rings. The van der Waals surface area contributed by atoms with Crippen LogP contribution in [0.15, 0.2) is 11.6 Å². The van der Waals surface area contributed by atoms with E-state index in [9.17, 15) is 29.4 Å². The molecule has 5 fully saturated rings. The summed E-state index contributed by atoms with van der Waals surface area (Å²) in [7, 11) is 0. The first-order chi connectivity index (χ1) is 18.5. The van der Waals surface area contributed by atoms with Crippen LogP contribution in [0.3, 0.4) is 0 Å². The van der Waals surface area contributed by atoms with Crippen molar-refractivity contribution in [2.24, 2.45) is 34.5 Å². The Hall–Kier alpha value is -2.30. The van der Waals surface area contributed by atoms with Crippen LogP contribution in [-0.2, 0) is 33.5 Å². The number of aliphatic hydroxyl groups excluding tert-OH is 1. The van der Waals surface area contributed by atoms with Crippen molar-refractivity contribution in [2.75, 3.05) is 13.2 Å². The summed E-state index contributed by atoms with van der Waals surface area (Å²) in [5.74, 6) is -1.64. The second-order valence-corrected chi connectivity index (χ2v) is 13.1. The lowest BCUT2D eigenvalue weighted by Gasteiger charge is -2.65. The Balaban J connectivity index is 1.12. The summed E-state index contributed by atoms with van der Waals surface area (Å²) in [5.41, 5.74) is -0.914. The monoisotopic (exact) mass is 545 g/mol. The van der Waals surface area contributed by atoms with Crippen molar-refractivity contribution in [3.8, 4) is 0 Å². The Bertz CT molecular complexity index is 1100. The van der Waals surface area contributed by atoms with Crippen LogP contribution in [0.25, 0.3) is 0 Å². The van der Waals surface area contributed by atoms with Gasteiger partial charge in [-0.3, -0.25) is 9.59 Å². The second kappa shape index (κ2) is 9.38. The fourth-order valence-corrected chi connectivity index (χ4v) is 9.47. The number of amides is 2. The van der Waals surface area contributed by atoms with Crippen LogP contribution in [0.4, 0.5) is 0 Å². The molecule has 0 unspecified atom stereocenters. The Labute approximate surface area is 228 Å². The number of rotatable bonds is 5. The predicted octanol–water partition coefficient (Wildman–Crippen LogP) is 2.21. The molecular weight excluding hydrogens is 506 g/mol. The van der Waals surface area contributed by atoms with Crippen LogP contribution in [0.1, 0.15) is 78.1 Å². The van der Waals surface area contributed by atoms with E-state index in [-0.39, 0.29) is 61.3 Å². The van der Waals surface area contributed by atoms with Gasteiger partial charge in [0.15, 0.2) is 0 Å². The lowest BCUT2D eigenvalue weighted by Crippen LogP contribution is -2.67. The van der Waals surface area contributed by atoms with Gasteiger partial charge in [-0.1, -0.05) is 13.8 Å². The molecule has 214 valence electrons. The molecule has 6 rings (SSSR count). The number of fused-ring (bicyclic) bond motifs is 5. The minimum Gasteiger partial charge on any atom is -0.458 e. The second-order valence-electron chi connectivity index (χ2n) is 13.1. The quantitative estimate of drug-likeness (QED) is 0.393. The first-order valence-electron chi connectivity index (χ1n) is 14.4. The molecule has 2 amide bonds. The highest BCUT2D eigenvalue weighted by Gasteiger charge is 2.70. The van der Waals surface area contributed by atoms with Gasteiger partial charge in [0, 0.05) is 24.3 Å². The third-order valence-corrected chi connectivity index (χ3v) is 11.7. The lowest BCUT2D eigenvalue weighted by molar-refractivity contribution is -0.246. The maximum atomic E-state index is 12.3. The van der Waals surface area contributed by atoms with E-state index in [1.807, 2.05) is 6.92 Å². The van der Waals surface area contributed by atoms with Gasteiger partial charge in [0.1, 0.15) is 13.2 Å². The summed E-state index contributed by atoms with van der Waals surface area (Å²) >= 11 is 0. The molecule has 0 radical (unpaired) electrons. The molecule has 4 saturated carbocycles. The summed E-state index contributed by atoms with van der Waals surface area (Å²) in [5, 5.41) is 24.5. The number of hydroxylamine groups is 2. The molecule has 10 heteroatoms. The lowest BCUT2D eigenvalue weighted by atomic mass is 9.42. The van der Waals surface area contributed by atoms with Crippen molar-refractivity contribution in [1.29, 1.82) is 0 Å². The van der Waals surface area contributed by atoms with Crippen molar-refractivity contribution >= 4 is 23.8 Å². The molecule has 4 aliphatic carbocycles. The van der Waals surface area contributed by atoms with Gasteiger partial charge in [0.05, 0.1) is 17.8 Å². The Kier molecular flexibility index (Phi) is 6.47. The SMILES string of the molecule is C[C@]12CC[C@H](OCC(=O)ON3C(=O)CCC3=O)C[C@H]1CC[C@@H]1[C@@H]2C[C@@H](O)[C@]2(C)[C@@H](C3=CC(=O)OC3)CC[C@]12O. The van der Waals surface area contributed by atoms with Crippen LogP contribution in [0, 0.1) is 34.5 Å². The number of carbonyl (C=O) groups excluding carboxylic acids is 4. The molecule has 2 aliphatic heterocycles. The van der Waals surface area contributed by atoms with E-state index in [1.165, 1.54) is 0 Å². The van der Waals surface area contributed by atoms with Crippen molar-refractivity contribution in [3.63, 3.8) is 0 Å². The van der Waals surface area contributed by atoms with Crippen LogP contribution >= 0.6 is 0 Å². The highest BCUT2D eigenvalue weighted by Crippen LogP contribution is 2.70. The zero-order chi connectivity index (χ0) is 27.7. The molecule has 9 atom stereocenters. The Morgan fingerprint density at radius 2 is 1.79 bits per heavy atom. The first kappa shape index (κ1) is 26.9. The van der Waals surface area contributed by atoms with E-state index in [2.05, 4.69) is 6.92 Å². The summed E-state index contributed by atoms with van der Waals surface area (Å²) in [6, 6.07) is 0. The smallest absolute Gasteiger partial charge is 0.358 e. The topological polar surface area (TPSA) is 140 Å². The highest BCUT2D eigenvalue weighted by atomic mass is 16.7. The summed E-state index contributed by atoms with van der Waals surface area (Å²) in [4.78, 5) is 52.3. The standard InChI is InChI=1S/C29H39NO9/c1-27-9-7-18(37-15-26(35)39-30-23(32)5-6-24(30)33)12-17(27)3-4-20-21(27)13-22(31)28(2)19(8-10-29(20,28)36)16-11-25(34)38-14-16/h11,17-22,31,36H,3-10,12-15H2,1-2H3/t17-,18+,19-,20-,21+,22-,27+,28+,29+/m1/s1. The molecule has 39 heavy (non-hydrogen) atoms. The van der Waals surface area contributed by atoms with Gasteiger partial charge < -0.3 is 24.5 Å². The van der Waals surface area contributed by atoms with Crippen molar-refractivity contribution < 1.29 is 43.7 Å². The zero-order valence-electron chi connectivity index (χ0n) is 22.7. The number of esters is 1.